The van der Waals surface area contributed by atoms with Crippen LogP contribution in [0.3, 0.4) is 0 Å². The lowest BCUT2D eigenvalue weighted by molar-refractivity contribution is 0.00578. The van der Waals surface area contributed by atoms with Gasteiger partial charge in [-0.05, 0) is 76.4 Å². The normalized spacial score (nSPS) is 24.7. The Bertz CT molecular complexity index is 1080. The van der Waals surface area contributed by atoms with E-state index in [4.69, 9.17) is 14.0 Å². The van der Waals surface area contributed by atoms with E-state index in [1.54, 1.807) is 0 Å². The molecule has 2 aromatic carbocycles. The molecule has 5 rings (SSSR count). The number of fused-ring (bicyclic) bond motifs is 2. The van der Waals surface area contributed by atoms with Crippen molar-refractivity contribution in [3.05, 3.63) is 77.4 Å². The molecule has 1 amide bonds. The second-order valence-corrected chi connectivity index (χ2v) is 11.1. The zero-order valence-corrected chi connectivity index (χ0v) is 21.3. The monoisotopic (exact) mass is 473 g/mol. The van der Waals surface area contributed by atoms with Crippen LogP contribution in [-0.2, 0) is 27.1 Å². The Hall–Kier alpha value is -2.57. The molecule has 0 N–H and O–H groups in total. The zero-order chi connectivity index (χ0) is 24.6. The predicted molar refractivity (Wildman–Crippen MR) is 138 cm³/mol. The summed E-state index contributed by atoms with van der Waals surface area (Å²) in [6.07, 6.45) is 7.07. The van der Waals surface area contributed by atoms with Crippen LogP contribution in [-0.4, -0.2) is 41.4 Å². The van der Waals surface area contributed by atoms with Crippen LogP contribution in [0.25, 0.3) is 0 Å². The van der Waals surface area contributed by atoms with Crippen molar-refractivity contribution in [2.24, 2.45) is 0 Å². The number of nitrogens with zero attached hydrogens (tertiary/aromatic N) is 1. The Morgan fingerprint density at radius 3 is 2.43 bits per heavy atom. The average molecular weight is 473 g/mol. The Morgan fingerprint density at radius 1 is 1.00 bits per heavy atom. The molecule has 2 aromatic rings. The molecule has 3 heterocycles. The largest absolute Gasteiger partial charge is 0.494 e. The number of carbonyl (C=O) groups excluding carboxylic acids is 1. The van der Waals surface area contributed by atoms with Gasteiger partial charge in [0.2, 0.25) is 0 Å². The fourth-order valence-corrected chi connectivity index (χ4v) is 5.42. The third kappa shape index (κ3) is 5.05. The number of hydrogen-bond donors (Lipinski definition) is 0. The second kappa shape index (κ2) is 9.48. The van der Waals surface area contributed by atoms with Crippen molar-refractivity contribution in [1.82, 2.24) is 4.90 Å². The number of piperidine rings is 1. The number of amides is 1. The van der Waals surface area contributed by atoms with Gasteiger partial charge in [-0.15, -0.1) is 0 Å². The fourth-order valence-electron chi connectivity index (χ4n) is 5.42. The maximum absolute atomic E-state index is 13.0. The third-order valence-corrected chi connectivity index (χ3v) is 8.04. The van der Waals surface area contributed by atoms with Crippen LogP contribution in [0.5, 0.6) is 0 Å². The van der Waals surface area contributed by atoms with Gasteiger partial charge in [-0.25, -0.2) is 4.79 Å². The topological polar surface area (TPSA) is 48.0 Å². The van der Waals surface area contributed by atoms with Crippen molar-refractivity contribution in [3.8, 4) is 0 Å². The van der Waals surface area contributed by atoms with E-state index in [1.807, 2.05) is 35.2 Å². The summed E-state index contributed by atoms with van der Waals surface area (Å²) in [4.78, 5) is 15.0. The van der Waals surface area contributed by atoms with Crippen molar-refractivity contribution >= 4 is 18.7 Å². The Kier molecular flexibility index (Phi) is 6.54. The van der Waals surface area contributed by atoms with Crippen molar-refractivity contribution in [1.29, 1.82) is 0 Å². The number of carbonyl (C=O) groups is 1. The summed E-state index contributed by atoms with van der Waals surface area (Å²) in [5, 5.41) is 0. The zero-order valence-electron chi connectivity index (χ0n) is 21.3. The first-order valence-electron chi connectivity index (χ1n) is 12.8. The molecule has 3 aliphatic rings. The molecule has 3 aliphatic heterocycles. The van der Waals surface area contributed by atoms with Crippen molar-refractivity contribution in [2.75, 3.05) is 0 Å². The highest BCUT2D eigenvalue weighted by atomic mass is 16.7. The van der Waals surface area contributed by atoms with E-state index in [0.29, 0.717) is 6.61 Å². The SMILES string of the molecule is CC1(C)OB(c2cccc(CC3=CC4CCCC(C3)N4C(=O)OCc3ccccc3)c2)OC1(C)C. The molecule has 35 heavy (non-hydrogen) atoms. The van der Waals surface area contributed by atoms with Gasteiger partial charge < -0.3 is 14.0 Å². The third-order valence-electron chi connectivity index (χ3n) is 8.04. The average Bonchev–Trinajstić information content (AvgIpc) is 3.04. The number of ether oxygens (including phenoxy) is 1. The molecule has 2 bridgehead atoms. The lowest BCUT2D eigenvalue weighted by Gasteiger charge is -2.44. The Morgan fingerprint density at radius 2 is 1.71 bits per heavy atom. The van der Waals surface area contributed by atoms with E-state index in [2.05, 4.69) is 58.0 Å². The lowest BCUT2D eigenvalue weighted by Crippen LogP contribution is -2.52. The van der Waals surface area contributed by atoms with Gasteiger partial charge in [0.15, 0.2) is 0 Å². The van der Waals surface area contributed by atoms with Crippen LogP contribution >= 0.6 is 0 Å². The minimum Gasteiger partial charge on any atom is -0.445 e. The summed E-state index contributed by atoms with van der Waals surface area (Å²) in [5.74, 6) is 0. The summed E-state index contributed by atoms with van der Waals surface area (Å²) in [6, 6.07) is 18.8. The van der Waals surface area contributed by atoms with Crippen LogP contribution in [0.15, 0.2) is 66.2 Å². The van der Waals surface area contributed by atoms with E-state index in [1.165, 1.54) is 11.1 Å². The van der Waals surface area contributed by atoms with E-state index in [9.17, 15) is 4.79 Å². The summed E-state index contributed by atoms with van der Waals surface area (Å²) < 4.78 is 18.2. The maximum Gasteiger partial charge on any atom is 0.494 e. The Balaban J connectivity index is 1.26. The van der Waals surface area contributed by atoms with Crippen LogP contribution in [0.1, 0.15) is 64.5 Å². The van der Waals surface area contributed by atoms with Gasteiger partial charge in [0.05, 0.1) is 17.2 Å². The number of rotatable bonds is 5. The fraction of sp³-hybridized carbons (Fsp3) is 0.483. The van der Waals surface area contributed by atoms with E-state index in [-0.39, 0.29) is 36.5 Å². The molecular formula is C29H36BNO4. The quantitative estimate of drug-likeness (QED) is 0.430. The summed E-state index contributed by atoms with van der Waals surface area (Å²) >= 11 is 0. The minimum atomic E-state index is -0.352. The maximum atomic E-state index is 13.0. The number of hydrogen-bond acceptors (Lipinski definition) is 4. The molecule has 0 aromatic heterocycles. The van der Waals surface area contributed by atoms with Crippen LogP contribution in [0.4, 0.5) is 4.79 Å². The summed E-state index contributed by atoms with van der Waals surface area (Å²) in [5.41, 5.74) is 4.02. The van der Waals surface area contributed by atoms with Crippen molar-refractivity contribution in [2.45, 2.75) is 89.7 Å². The number of benzene rings is 2. The summed E-state index contributed by atoms with van der Waals surface area (Å²) in [6.45, 7) is 8.65. The first-order chi connectivity index (χ1) is 16.7. The molecular weight excluding hydrogens is 437 g/mol. The van der Waals surface area contributed by atoms with E-state index >= 15 is 0 Å². The molecule has 6 heteroatoms. The van der Waals surface area contributed by atoms with Crippen LogP contribution < -0.4 is 5.46 Å². The van der Waals surface area contributed by atoms with Gasteiger partial charge in [-0.1, -0.05) is 66.2 Å². The molecule has 0 aliphatic carbocycles. The summed E-state index contributed by atoms with van der Waals surface area (Å²) in [7, 11) is -0.352. The highest BCUT2D eigenvalue weighted by Gasteiger charge is 2.51. The predicted octanol–water partition coefficient (Wildman–Crippen LogP) is 5.42. The molecule has 0 spiro atoms. The molecule has 2 atom stereocenters. The van der Waals surface area contributed by atoms with Gasteiger partial charge in [0.1, 0.15) is 6.61 Å². The Labute approximate surface area is 209 Å². The molecule has 5 nitrogen and oxygen atoms in total. The first kappa shape index (κ1) is 24.1. The van der Waals surface area contributed by atoms with Gasteiger partial charge in [-0.2, -0.15) is 0 Å². The standard InChI is InChI=1S/C29H36BNO4/c1-28(2)29(3,4)35-30(34-28)24-13-8-12-22(17-24)16-23-18-25-14-9-15-26(19-23)31(25)27(32)33-20-21-10-6-5-7-11-21/h5-8,10-13,17-18,25-26H,9,14-16,19-20H2,1-4H3. The first-order valence-corrected chi connectivity index (χ1v) is 12.8. The molecule has 0 saturated carbocycles. The molecule has 2 unspecified atom stereocenters. The molecule has 184 valence electrons. The van der Waals surface area contributed by atoms with Crippen molar-refractivity contribution < 1.29 is 18.8 Å². The van der Waals surface area contributed by atoms with Gasteiger partial charge >= 0.3 is 13.2 Å². The van der Waals surface area contributed by atoms with E-state index < -0.39 is 0 Å². The van der Waals surface area contributed by atoms with Gasteiger partial charge in [-0.3, -0.25) is 4.90 Å². The lowest BCUT2D eigenvalue weighted by atomic mass is 9.77. The highest BCUT2D eigenvalue weighted by molar-refractivity contribution is 6.62. The van der Waals surface area contributed by atoms with Crippen LogP contribution in [0, 0.1) is 0 Å². The van der Waals surface area contributed by atoms with Crippen LogP contribution in [0.2, 0.25) is 0 Å². The highest BCUT2D eigenvalue weighted by Crippen LogP contribution is 2.37. The molecule has 2 saturated heterocycles. The molecule has 2 fully saturated rings. The minimum absolute atomic E-state index is 0.118. The molecule has 0 radical (unpaired) electrons. The van der Waals surface area contributed by atoms with E-state index in [0.717, 1.165) is 43.1 Å². The van der Waals surface area contributed by atoms with Gasteiger partial charge in [0.25, 0.3) is 0 Å². The van der Waals surface area contributed by atoms with Gasteiger partial charge in [0, 0.05) is 6.04 Å². The van der Waals surface area contributed by atoms with Crippen molar-refractivity contribution in [3.63, 3.8) is 0 Å². The second-order valence-electron chi connectivity index (χ2n) is 11.1. The smallest absolute Gasteiger partial charge is 0.445 e.